The maximum Gasteiger partial charge on any atom is 0.408 e. The lowest BCUT2D eigenvalue weighted by Gasteiger charge is -2.33. The van der Waals surface area contributed by atoms with E-state index in [0.29, 0.717) is 23.1 Å². The van der Waals surface area contributed by atoms with Crippen LogP contribution in [0, 0.1) is 27.9 Å². The van der Waals surface area contributed by atoms with Crippen LogP contribution in [-0.4, -0.2) is 56.7 Å². The summed E-state index contributed by atoms with van der Waals surface area (Å²) in [6.07, 6.45) is -0.566. The number of phosphoric acid groups is 3. The fourth-order valence-electron chi connectivity index (χ4n) is 5.05. The number of carbonyl (C=O) groups excluding carboxylic acids is 1. The number of nitrogens with zero attached hydrogens (tertiary/aromatic N) is 4. The number of anilines is 1. The molecule has 0 radical (unpaired) electrons. The van der Waals surface area contributed by atoms with Crippen LogP contribution >= 0.6 is 23.5 Å². The maximum absolute atomic E-state index is 12.5. The molecule has 7 atom stereocenters. The lowest BCUT2D eigenvalue weighted by Crippen LogP contribution is -2.26. The number of nitro groups is 1. The lowest BCUT2D eigenvalue weighted by molar-refractivity contribution is -0.386. The molecule has 0 saturated carbocycles. The minimum Gasteiger partial charge on any atom is -0.756 e. The number of hydrogen-bond donors (Lipinski definition) is 4. The van der Waals surface area contributed by atoms with Crippen LogP contribution in [0.1, 0.15) is 49.3 Å². The van der Waals surface area contributed by atoms with E-state index in [1.54, 1.807) is 36.9 Å². The van der Waals surface area contributed by atoms with Gasteiger partial charge in [-0.1, -0.05) is 24.8 Å². The smallest absolute Gasteiger partial charge is 0.408 e. The summed E-state index contributed by atoms with van der Waals surface area (Å²) in [6, 6.07) is 4.52. The van der Waals surface area contributed by atoms with Gasteiger partial charge in [-0.15, -0.1) is 0 Å². The van der Waals surface area contributed by atoms with Gasteiger partial charge in [-0.3, -0.25) is 23.8 Å². The summed E-state index contributed by atoms with van der Waals surface area (Å²) in [4.78, 5) is 74.4. The van der Waals surface area contributed by atoms with Crippen molar-refractivity contribution in [3.63, 3.8) is 0 Å². The molecule has 25 heteroatoms. The molecule has 0 aliphatic carbocycles. The minimum atomic E-state index is -6.06. The second-order valence-corrected chi connectivity index (χ2v) is 15.2. The molecule has 5 N–H and O–H groups in total. The van der Waals surface area contributed by atoms with Gasteiger partial charge < -0.3 is 54.5 Å². The molecule has 22 nitrogen and oxygen atoms in total. The molecular formula is C26H31N7O15P3-3. The zero-order chi connectivity index (χ0) is 37.7. The Balaban J connectivity index is 1.42. The normalized spacial score (nSPS) is 21.4. The summed E-state index contributed by atoms with van der Waals surface area (Å²) in [5.41, 5.74) is 7.50. The molecule has 4 unspecified atom stereocenters. The standard InChI is InChI=1S/C26H34N7O15P3/c1-15-9-22(46-21(15)13-44-50(40,41)48-51(42,43)47-49(37,38)39)32-12-18(23-24(27)30-14-31-25(23)32)5-4-8-29-26(34)45-16(2)19-10-17(11-28-3)6-7-20(19)33(35)36/h6-7,10,12,14-16,21-22,28H,8-9,11,13H2,1-3H3,(H,29,34)(H,40,41)(H,42,43)(H2,27,30,31)(H2,37,38,39)/p-3/t15-,16?,21-,22-/m1/s1. The first-order valence-corrected chi connectivity index (χ1v) is 19.1. The van der Waals surface area contributed by atoms with Crippen molar-refractivity contribution >= 4 is 52.1 Å². The first kappa shape index (κ1) is 40.0. The van der Waals surface area contributed by atoms with Crippen molar-refractivity contribution in [2.75, 3.05) is 25.9 Å². The van der Waals surface area contributed by atoms with E-state index < -0.39 is 59.5 Å². The van der Waals surface area contributed by atoms with Crippen molar-refractivity contribution < 1.29 is 65.6 Å². The van der Waals surface area contributed by atoms with Gasteiger partial charge in [0.2, 0.25) is 0 Å². The van der Waals surface area contributed by atoms with E-state index in [-0.39, 0.29) is 36.0 Å². The third-order valence-electron chi connectivity index (χ3n) is 7.22. The average Bonchev–Trinajstić information content (AvgIpc) is 3.57. The lowest BCUT2D eigenvalue weighted by atomic mass is 10.0. The van der Waals surface area contributed by atoms with Crippen LogP contribution < -0.4 is 31.0 Å². The van der Waals surface area contributed by atoms with Gasteiger partial charge in [0, 0.05) is 18.8 Å². The van der Waals surface area contributed by atoms with E-state index in [2.05, 4.69) is 45.6 Å². The zero-order valence-corrected chi connectivity index (χ0v) is 29.6. The van der Waals surface area contributed by atoms with E-state index in [4.69, 9.17) is 20.1 Å². The van der Waals surface area contributed by atoms with E-state index in [0.717, 1.165) is 5.56 Å². The number of alkyl carbamates (subject to hydrolysis) is 1. The number of nitrogens with two attached hydrogens (primary N) is 1. The first-order chi connectivity index (χ1) is 23.8. The fraction of sp³-hybridized carbons (Fsp3) is 0.423. The van der Waals surface area contributed by atoms with Crippen LogP contribution in [0.25, 0.3) is 11.0 Å². The SMILES string of the molecule is CNCc1ccc([N+](=O)[O-])c(C(C)OC(=O)NCC#Cc2cn([C@H]3C[C@@H](C)[C@@H](COP(=O)([O-])OP(=O)([O-])OP(=O)([O-])O)O3)c3ncnc(N)c23)c1. The predicted octanol–water partition coefficient (Wildman–Crippen LogP) is 0.851. The average molecular weight is 774 g/mol. The summed E-state index contributed by atoms with van der Waals surface area (Å²) in [5.74, 6) is 5.30. The molecule has 3 aromatic rings. The Morgan fingerprint density at radius 1 is 1.24 bits per heavy atom. The highest BCUT2D eigenvalue weighted by Gasteiger charge is 2.36. The van der Waals surface area contributed by atoms with Crippen molar-refractivity contribution in [2.45, 2.75) is 45.2 Å². The summed E-state index contributed by atoms with van der Waals surface area (Å²) in [5, 5.41) is 17.3. The van der Waals surface area contributed by atoms with Crippen molar-refractivity contribution in [3.8, 4) is 11.8 Å². The largest absolute Gasteiger partial charge is 0.756 e. The number of ether oxygens (including phenoxy) is 2. The maximum atomic E-state index is 12.5. The molecule has 278 valence electrons. The van der Waals surface area contributed by atoms with Gasteiger partial charge in [0.15, 0.2) is 0 Å². The summed E-state index contributed by atoms with van der Waals surface area (Å²) in [7, 11) is -15.9. The van der Waals surface area contributed by atoms with Crippen LogP contribution in [0.5, 0.6) is 0 Å². The summed E-state index contributed by atoms with van der Waals surface area (Å²) < 4.78 is 58.5. The number of phosphoric ester groups is 1. The number of aromatic nitrogens is 3. The molecule has 3 heterocycles. The highest BCUT2D eigenvalue weighted by molar-refractivity contribution is 7.65. The Morgan fingerprint density at radius 2 is 1.96 bits per heavy atom. The Labute approximate surface area is 289 Å². The third-order valence-corrected chi connectivity index (χ3v) is 10.9. The number of amides is 1. The molecule has 1 fully saturated rings. The van der Waals surface area contributed by atoms with Crippen molar-refractivity contribution in [2.24, 2.45) is 5.92 Å². The van der Waals surface area contributed by atoms with Crippen LogP contribution in [0.15, 0.2) is 30.7 Å². The molecule has 4 rings (SSSR count). The predicted molar refractivity (Wildman–Crippen MR) is 168 cm³/mol. The van der Waals surface area contributed by atoms with Gasteiger partial charge in [0.1, 0.15) is 30.1 Å². The van der Waals surface area contributed by atoms with Crippen molar-refractivity contribution in [1.29, 1.82) is 0 Å². The van der Waals surface area contributed by atoms with E-state index in [1.807, 2.05) is 0 Å². The van der Waals surface area contributed by atoms with Crippen LogP contribution in [-0.2, 0) is 42.9 Å². The van der Waals surface area contributed by atoms with Gasteiger partial charge in [-0.05, 0) is 37.9 Å². The van der Waals surface area contributed by atoms with Gasteiger partial charge in [0.25, 0.3) is 29.2 Å². The van der Waals surface area contributed by atoms with Crippen molar-refractivity contribution in [1.82, 2.24) is 25.2 Å². The molecule has 2 aromatic heterocycles. The quantitative estimate of drug-likeness (QED) is 0.0763. The second-order valence-electron chi connectivity index (χ2n) is 11.0. The zero-order valence-electron chi connectivity index (χ0n) is 26.9. The fourth-order valence-corrected chi connectivity index (χ4v) is 7.95. The number of rotatable bonds is 14. The van der Waals surface area contributed by atoms with Gasteiger partial charge >= 0.3 is 6.09 Å². The first-order valence-electron chi connectivity index (χ1n) is 14.6. The van der Waals surface area contributed by atoms with E-state index >= 15 is 0 Å². The third kappa shape index (κ3) is 10.9. The second kappa shape index (κ2) is 16.3. The van der Waals surface area contributed by atoms with E-state index in [1.165, 1.54) is 19.3 Å². The monoisotopic (exact) mass is 774 g/mol. The summed E-state index contributed by atoms with van der Waals surface area (Å²) in [6.45, 7) is 2.68. The van der Waals surface area contributed by atoms with Gasteiger partial charge in [0.05, 0.1) is 40.7 Å². The van der Waals surface area contributed by atoms with Crippen LogP contribution in [0.3, 0.4) is 0 Å². The molecule has 0 bridgehead atoms. The number of nitrogen functional groups attached to an aromatic ring is 1. The molecule has 1 aliphatic heterocycles. The summed E-state index contributed by atoms with van der Waals surface area (Å²) >= 11 is 0. The Bertz CT molecular complexity index is 1990. The Morgan fingerprint density at radius 3 is 2.63 bits per heavy atom. The highest BCUT2D eigenvalue weighted by Crippen LogP contribution is 2.61. The number of nitro benzene ring substituents is 1. The topological polar surface area (TPSA) is 328 Å². The van der Waals surface area contributed by atoms with E-state index in [9.17, 15) is 43.3 Å². The van der Waals surface area contributed by atoms with Crippen molar-refractivity contribution in [3.05, 3.63) is 57.5 Å². The molecule has 1 amide bonds. The molecule has 0 spiro atoms. The number of benzene rings is 1. The number of hydrogen-bond acceptors (Lipinski definition) is 18. The minimum absolute atomic E-state index is 0.0662. The number of carbonyl (C=O) groups is 1. The molecular weight excluding hydrogens is 743 g/mol. The Hall–Kier alpha value is -3.80. The van der Waals surface area contributed by atoms with Gasteiger partial charge in [-0.25, -0.2) is 23.4 Å². The Kier molecular flexibility index (Phi) is 12.7. The molecule has 1 aliphatic rings. The molecule has 51 heavy (non-hydrogen) atoms. The van der Waals surface area contributed by atoms with Crippen LogP contribution in [0.2, 0.25) is 0 Å². The molecule has 1 saturated heterocycles. The number of nitrogens with one attached hydrogen (secondary N) is 2. The molecule has 1 aromatic carbocycles. The highest BCUT2D eigenvalue weighted by atomic mass is 31.3. The number of fused-ring (bicyclic) bond motifs is 1. The van der Waals surface area contributed by atoms with Crippen LogP contribution in [0.4, 0.5) is 16.3 Å². The van der Waals surface area contributed by atoms with Gasteiger partial charge in [-0.2, -0.15) is 0 Å².